The van der Waals surface area contributed by atoms with Gasteiger partial charge in [0.2, 0.25) is 10.0 Å². The van der Waals surface area contributed by atoms with Crippen LogP contribution in [0.3, 0.4) is 0 Å². The minimum atomic E-state index is -3.27. The summed E-state index contributed by atoms with van der Waals surface area (Å²) in [5.74, 6) is 0.933. The third-order valence-electron chi connectivity index (χ3n) is 4.76. The van der Waals surface area contributed by atoms with Gasteiger partial charge in [-0.2, -0.15) is 4.31 Å². The monoisotopic (exact) mass is 392 g/mol. The Labute approximate surface area is 161 Å². The van der Waals surface area contributed by atoms with Gasteiger partial charge in [0.05, 0.1) is 25.1 Å². The van der Waals surface area contributed by atoms with Crippen molar-refractivity contribution >= 4 is 20.8 Å². The van der Waals surface area contributed by atoms with Gasteiger partial charge < -0.3 is 14.8 Å². The molecule has 3 rings (SSSR count). The molecule has 1 saturated heterocycles. The molecule has 0 aromatic heterocycles. The molecule has 1 heterocycles. The molecule has 2 atom stereocenters. The van der Waals surface area contributed by atoms with Crippen LogP contribution in [0.2, 0.25) is 0 Å². The van der Waals surface area contributed by atoms with Crippen molar-refractivity contribution in [3.05, 3.63) is 42.0 Å². The van der Waals surface area contributed by atoms with E-state index in [0.29, 0.717) is 26.2 Å². The summed E-state index contributed by atoms with van der Waals surface area (Å²) in [5.41, 5.74) is 1.12. The lowest BCUT2D eigenvalue weighted by molar-refractivity contribution is -0.0440. The number of hydrogen-bond acceptors (Lipinski definition) is 5. The van der Waals surface area contributed by atoms with Gasteiger partial charge in [-0.1, -0.05) is 18.2 Å². The Balaban J connectivity index is 1.53. The zero-order valence-electron chi connectivity index (χ0n) is 16.1. The molecule has 0 amide bonds. The van der Waals surface area contributed by atoms with Crippen LogP contribution >= 0.6 is 0 Å². The van der Waals surface area contributed by atoms with Gasteiger partial charge in [-0.3, -0.25) is 0 Å². The molecule has 148 valence electrons. The normalized spacial score (nSPS) is 21.4. The molecule has 1 aliphatic heterocycles. The van der Waals surface area contributed by atoms with Crippen LogP contribution in [0.15, 0.2) is 36.4 Å². The zero-order chi connectivity index (χ0) is 19.4. The maximum atomic E-state index is 12.5. The highest BCUT2D eigenvalue weighted by molar-refractivity contribution is 7.89. The number of nitrogens with zero attached hydrogens (tertiary/aromatic N) is 1. The van der Waals surface area contributed by atoms with E-state index in [0.717, 1.165) is 22.1 Å². The molecule has 2 aromatic rings. The first kappa shape index (κ1) is 20.1. The fourth-order valence-electron chi connectivity index (χ4n) is 3.43. The van der Waals surface area contributed by atoms with Crippen LogP contribution in [0.1, 0.15) is 19.4 Å². The second-order valence-electron chi connectivity index (χ2n) is 7.11. The molecule has 27 heavy (non-hydrogen) atoms. The summed E-state index contributed by atoms with van der Waals surface area (Å²) in [6.07, 6.45) is -0.125. The van der Waals surface area contributed by atoms with Crippen LogP contribution in [-0.4, -0.2) is 57.4 Å². The third kappa shape index (κ3) is 5.19. The van der Waals surface area contributed by atoms with Gasteiger partial charge in [0, 0.05) is 26.2 Å². The summed E-state index contributed by atoms with van der Waals surface area (Å²) in [6, 6.07) is 12.2. The molecule has 6 nitrogen and oxygen atoms in total. The number of benzene rings is 2. The summed E-state index contributed by atoms with van der Waals surface area (Å²) >= 11 is 0. The van der Waals surface area contributed by atoms with Crippen molar-refractivity contribution < 1.29 is 17.9 Å². The Bertz CT molecular complexity index is 875. The van der Waals surface area contributed by atoms with E-state index in [1.807, 2.05) is 32.0 Å². The van der Waals surface area contributed by atoms with Gasteiger partial charge >= 0.3 is 0 Å². The second-order valence-corrected chi connectivity index (χ2v) is 9.20. The van der Waals surface area contributed by atoms with E-state index >= 15 is 0 Å². The summed E-state index contributed by atoms with van der Waals surface area (Å²) < 4.78 is 37.5. The lowest BCUT2D eigenvalue weighted by atomic mass is 10.1. The number of nitrogens with one attached hydrogen (secondary N) is 1. The van der Waals surface area contributed by atoms with Crippen molar-refractivity contribution in [3.8, 4) is 5.75 Å². The molecule has 1 fully saturated rings. The third-order valence-corrected chi connectivity index (χ3v) is 6.56. The summed E-state index contributed by atoms with van der Waals surface area (Å²) in [4.78, 5) is 0. The van der Waals surface area contributed by atoms with Crippen molar-refractivity contribution in [2.24, 2.45) is 0 Å². The standard InChI is InChI=1S/C20H28N2O4S/c1-15-13-22(14-16(2)26-15)27(23,24)9-8-21-12-17-4-5-19-11-20(25-3)7-6-18(19)10-17/h4-7,10-11,15-16,21H,8-9,12-14H2,1-3H3. The lowest BCUT2D eigenvalue weighted by Crippen LogP contribution is -2.49. The van der Waals surface area contributed by atoms with Crippen molar-refractivity contribution in [1.29, 1.82) is 0 Å². The lowest BCUT2D eigenvalue weighted by Gasteiger charge is -2.34. The Morgan fingerprint density at radius 1 is 1.11 bits per heavy atom. The Kier molecular flexibility index (Phi) is 6.37. The first-order valence-electron chi connectivity index (χ1n) is 9.28. The maximum absolute atomic E-state index is 12.5. The van der Waals surface area contributed by atoms with Gasteiger partial charge in [-0.25, -0.2) is 8.42 Å². The van der Waals surface area contributed by atoms with Crippen molar-refractivity contribution in [1.82, 2.24) is 9.62 Å². The number of morpholine rings is 1. The Morgan fingerprint density at radius 2 is 1.78 bits per heavy atom. The van der Waals surface area contributed by atoms with Crippen LogP contribution in [0.4, 0.5) is 0 Å². The molecule has 0 bridgehead atoms. The fraction of sp³-hybridized carbons (Fsp3) is 0.500. The first-order valence-corrected chi connectivity index (χ1v) is 10.9. The van der Waals surface area contributed by atoms with Crippen LogP contribution in [0.5, 0.6) is 5.75 Å². The number of ether oxygens (including phenoxy) is 2. The van der Waals surface area contributed by atoms with E-state index < -0.39 is 10.0 Å². The molecule has 0 radical (unpaired) electrons. The molecule has 0 aliphatic carbocycles. The second kappa shape index (κ2) is 8.56. The number of sulfonamides is 1. The molecule has 0 spiro atoms. The predicted molar refractivity (Wildman–Crippen MR) is 108 cm³/mol. The molecule has 2 unspecified atom stereocenters. The molecular weight excluding hydrogens is 364 g/mol. The van der Waals surface area contributed by atoms with Gasteiger partial charge in [-0.05, 0) is 48.4 Å². The number of methoxy groups -OCH3 is 1. The molecule has 2 aromatic carbocycles. The fourth-order valence-corrected chi connectivity index (χ4v) is 4.97. The summed E-state index contributed by atoms with van der Waals surface area (Å²) in [5, 5.41) is 5.50. The zero-order valence-corrected chi connectivity index (χ0v) is 17.0. The quantitative estimate of drug-likeness (QED) is 0.733. The average Bonchev–Trinajstić information content (AvgIpc) is 2.64. The Hall–Kier alpha value is -1.67. The molecule has 0 saturated carbocycles. The molecule has 7 heteroatoms. The van der Waals surface area contributed by atoms with Crippen LogP contribution in [-0.2, 0) is 21.3 Å². The van der Waals surface area contributed by atoms with Crippen LogP contribution in [0, 0.1) is 0 Å². The maximum Gasteiger partial charge on any atom is 0.215 e. The van der Waals surface area contributed by atoms with E-state index in [1.54, 1.807) is 11.4 Å². The topological polar surface area (TPSA) is 67.9 Å². The van der Waals surface area contributed by atoms with Crippen LogP contribution in [0.25, 0.3) is 10.8 Å². The highest BCUT2D eigenvalue weighted by Crippen LogP contribution is 2.22. The average molecular weight is 393 g/mol. The SMILES string of the molecule is COc1ccc2cc(CNCCS(=O)(=O)N3CC(C)OC(C)C3)ccc2c1. The number of fused-ring (bicyclic) bond motifs is 1. The largest absolute Gasteiger partial charge is 0.497 e. The van der Waals surface area contributed by atoms with Crippen molar-refractivity contribution in [2.45, 2.75) is 32.6 Å². The number of hydrogen-bond donors (Lipinski definition) is 1. The van der Waals surface area contributed by atoms with Crippen molar-refractivity contribution in [2.75, 3.05) is 32.5 Å². The van der Waals surface area contributed by atoms with E-state index in [9.17, 15) is 8.42 Å². The Morgan fingerprint density at radius 3 is 2.48 bits per heavy atom. The van der Waals surface area contributed by atoms with E-state index in [4.69, 9.17) is 9.47 Å². The van der Waals surface area contributed by atoms with Crippen LogP contribution < -0.4 is 10.1 Å². The highest BCUT2D eigenvalue weighted by atomic mass is 32.2. The van der Waals surface area contributed by atoms with E-state index in [2.05, 4.69) is 23.5 Å². The van der Waals surface area contributed by atoms with Gasteiger partial charge in [0.1, 0.15) is 5.75 Å². The smallest absolute Gasteiger partial charge is 0.215 e. The molecule has 1 N–H and O–H groups in total. The van der Waals surface area contributed by atoms with E-state index in [1.165, 1.54) is 0 Å². The summed E-state index contributed by atoms with van der Waals surface area (Å²) in [7, 11) is -1.61. The van der Waals surface area contributed by atoms with Gasteiger partial charge in [0.25, 0.3) is 0 Å². The van der Waals surface area contributed by atoms with E-state index in [-0.39, 0.29) is 18.0 Å². The molecular formula is C20H28N2O4S. The predicted octanol–water partition coefficient (Wildman–Crippen LogP) is 2.38. The minimum Gasteiger partial charge on any atom is -0.497 e. The van der Waals surface area contributed by atoms with Crippen molar-refractivity contribution in [3.63, 3.8) is 0 Å². The minimum absolute atomic E-state index is 0.0623. The first-order chi connectivity index (χ1) is 12.9. The van der Waals surface area contributed by atoms with Gasteiger partial charge in [0.15, 0.2) is 0 Å². The number of rotatable bonds is 7. The molecule has 1 aliphatic rings. The summed E-state index contributed by atoms with van der Waals surface area (Å²) in [6.45, 7) is 5.73. The van der Waals surface area contributed by atoms with Gasteiger partial charge in [-0.15, -0.1) is 0 Å². The highest BCUT2D eigenvalue weighted by Gasteiger charge is 2.30.